The van der Waals surface area contributed by atoms with Gasteiger partial charge in [0.1, 0.15) is 0 Å². The number of hydrogen-bond donors (Lipinski definition) is 1. The first-order chi connectivity index (χ1) is 13.2. The lowest BCUT2D eigenvalue weighted by molar-refractivity contribution is -0.928. The molecule has 0 unspecified atom stereocenters. The molecule has 0 saturated carbocycles. The van der Waals surface area contributed by atoms with Crippen molar-refractivity contribution in [2.75, 3.05) is 26.2 Å². The Bertz CT molecular complexity index is 578. The first-order valence-corrected chi connectivity index (χ1v) is 10.7. The molecule has 0 amide bonds. The molecule has 0 radical (unpaired) electrons. The summed E-state index contributed by atoms with van der Waals surface area (Å²) in [5, 5.41) is -7.00. The van der Waals surface area contributed by atoms with Crippen LogP contribution in [0.25, 0.3) is 0 Å². The van der Waals surface area contributed by atoms with Crippen molar-refractivity contribution in [3.8, 4) is 0 Å². The lowest BCUT2D eigenvalue weighted by Gasteiger charge is -2.38. The average Bonchev–Trinajstić information content (AvgIpc) is 2.54. The first-order valence-electron chi connectivity index (χ1n) is 9.26. The van der Waals surface area contributed by atoms with Crippen molar-refractivity contribution in [2.24, 2.45) is 0 Å². The first kappa shape index (κ1) is 31.4. The molecule has 30 heavy (non-hydrogen) atoms. The molecule has 0 aromatic rings. The maximum atomic E-state index is 12.2. The van der Waals surface area contributed by atoms with Crippen molar-refractivity contribution in [3.63, 3.8) is 0 Å². The highest BCUT2D eigenvalue weighted by molar-refractivity contribution is 7.87. The highest BCUT2D eigenvalue weighted by atomic mass is 32.2. The maximum Gasteiger partial charge on any atom is 0.460 e. The van der Waals surface area contributed by atoms with Gasteiger partial charge in [-0.05, 0) is 25.7 Å². The molecule has 0 aromatic carbocycles. The summed E-state index contributed by atoms with van der Waals surface area (Å²) in [6.07, 6.45) is -1.80. The van der Waals surface area contributed by atoms with Gasteiger partial charge in [-0.15, -0.1) is 0 Å². The normalized spacial score (nSPS) is 14.3. The van der Waals surface area contributed by atoms with Crippen molar-refractivity contribution < 1.29 is 57.0 Å². The predicted octanol–water partition coefficient (Wildman–Crippen LogP) is 5.74. The molecule has 0 aliphatic heterocycles. The van der Waals surface area contributed by atoms with Crippen LogP contribution >= 0.6 is 0 Å². The molecule has 0 aliphatic carbocycles. The Morgan fingerprint density at radius 2 is 0.900 bits per heavy atom. The van der Waals surface area contributed by atoms with Crippen LogP contribution in [-0.4, -0.2) is 66.9 Å². The molecule has 0 saturated heterocycles. The smallest absolute Gasteiger partial charge is 0.324 e. The molecule has 14 heteroatoms. The number of hydrogen-bond acceptors (Lipinski definition) is 2. The Kier molecular flexibility index (Phi) is 11.7. The molecule has 0 fully saturated rings. The van der Waals surface area contributed by atoms with Crippen LogP contribution in [0, 0.1) is 0 Å². The zero-order valence-corrected chi connectivity index (χ0v) is 18.0. The molecule has 0 bridgehead atoms. The van der Waals surface area contributed by atoms with E-state index in [0.717, 1.165) is 0 Å². The summed E-state index contributed by atoms with van der Waals surface area (Å²) < 4.78 is 135. The number of nitrogens with zero attached hydrogens (tertiary/aromatic N) is 1. The van der Waals surface area contributed by atoms with Gasteiger partial charge in [0.2, 0.25) is 0 Å². The van der Waals surface area contributed by atoms with Crippen LogP contribution < -0.4 is 0 Å². The highest BCUT2D eigenvalue weighted by Crippen LogP contribution is 2.54. The number of rotatable bonds is 11. The van der Waals surface area contributed by atoms with Gasteiger partial charge in [0, 0.05) is 0 Å². The summed E-state index contributed by atoms with van der Waals surface area (Å²) in [7, 11) is -7.17. The molecule has 0 spiro atoms. The Balaban J connectivity index is 0. The summed E-state index contributed by atoms with van der Waals surface area (Å²) in [4.78, 5) is 0. The molecule has 1 N–H and O–H groups in total. The molecule has 4 nitrogen and oxygen atoms in total. The Morgan fingerprint density at radius 1 is 0.633 bits per heavy atom. The topological polar surface area (TPSA) is 54.4 Å². The third-order valence-corrected chi connectivity index (χ3v) is 5.14. The molecule has 0 aliphatic rings. The molecular weight excluding hydrogens is 457 g/mol. The van der Waals surface area contributed by atoms with Crippen LogP contribution in [0.15, 0.2) is 0 Å². The number of alkyl halides is 9. The van der Waals surface area contributed by atoms with Gasteiger partial charge in [0.05, 0.1) is 26.2 Å². The van der Waals surface area contributed by atoms with Gasteiger partial charge in [-0.1, -0.05) is 27.7 Å². The van der Waals surface area contributed by atoms with E-state index in [0.29, 0.717) is 0 Å². The zero-order chi connectivity index (χ0) is 24.7. The van der Waals surface area contributed by atoms with E-state index in [-0.39, 0.29) is 0 Å². The largest absolute Gasteiger partial charge is 0.460 e. The van der Waals surface area contributed by atoms with E-state index >= 15 is 0 Å². The molecule has 0 atom stereocenters. The van der Waals surface area contributed by atoms with E-state index in [1.165, 1.54) is 56.3 Å². The van der Waals surface area contributed by atoms with Crippen molar-refractivity contribution in [3.05, 3.63) is 0 Å². The molecule has 0 aromatic heterocycles. The van der Waals surface area contributed by atoms with Crippen LogP contribution in [0.1, 0.15) is 53.4 Å². The summed E-state index contributed by atoms with van der Waals surface area (Å²) >= 11 is 0. The van der Waals surface area contributed by atoms with Gasteiger partial charge < -0.3 is 4.48 Å². The minimum absolute atomic E-state index is 1.33. The SMILES string of the molecule is CCC[N+](CCC)(CCC)CCC.O=S(=O)(O)C(F)(F)C(F)(F)C(F)(F)C(F)(F)F. The summed E-state index contributed by atoms with van der Waals surface area (Å²) in [6, 6.07) is 0. The predicted molar refractivity (Wildman–Crippen MR) is 93.3 cm³/mol. The van der Waals surface area contributed by atoms with Crippen molar-refractivity contribution in [1.82, 2.24) is 0 Å². The highest BCUT2D eigenvalue weighted by Gasteiger charge is 2.85. The quantitative estimate of drug-likeness (QED) is 0.230. The fourth-order valence-corrected chi connectivity index (χ4v) is 3.54. The van der Waals surface area contributed by atoms with E-state index in [9.17, 15) is 47.9 Å². The van der Waals surface area contributed by atoms with Crippen molar-refractivity contribution >= 4 is 10.1 Å². The molecule has 0 heterocycles. The second-order valence-corrected chi connectivity index (χ2v) is 8.34. The van der Waals surface area contributed by atoms with Gasteiger partial charge in [0.15, 0.2) is 0 Å². The van der Waals surface area contributed by atoms with Gasteiger partial charge in [-0.2, -0.15) is 47.9 Å². The van der Waals surface area contributed by atoms with E-state index in [4.69, 9.17) is 4.55 Å². The van der Waals surface area contributed by atoms with Gasteiger partial charge in [0.25, 0.3) is 0 Å². The van der Waals surface area contributed by atoms with E-state index in [1.54, 1.807) is 0 Å². The molecular formula is C16H29F9NO3S+. The van der Waals surface area contributed by atoms with Crippen LogP contribution in [0.3, 0.4) is 0 Å². The van der Waals surface area contributed by atoms with Crippen LogP contribution in [0.5, 0.6) is 0 Å². The maximum absolute atomic E-state index is 12.2. The number of halogens is 9. The van der Waals surface area contributed by atoms with E-state index in [2.05, 4.69) is 27.7 Å². The average molecular weight is 486 g/mol. The Morgan fingerprint density at radius 3 is 1.07 bits per heavy atom. The fourth-order valence-electron chi connectivity index (χ4n) is 3.09. The lowest BCUT2D eigenvalue weighted by Crippen LogP contribution is -2.63. The fraction of sp³-hybridized carbons (Fsp3) is 1.00. The number of quaternary nitrogens is 1. The van der Waals surface area contributed by atoms with E-state index in [1.807, 2.05) is 0 Å². The van der Waals surface area contributed by atoms with Gasteiger partial charge in [-0.3, -0.25) is 4.55 Å². The third kappa shape index (κ3) is 7.14. The Hall–Kier alpha value is -0.760. The summed E-state index contributed by atoms with van der Waals surface area (Å²) in [5.74, 6) is -14.7. The molecule has 184 valence electrons. The van der Waals surface area contributed by atoms with E-state index < -0.39 is 33.4 Å². The second-order valence-electron chi connectivity index (χ2n) is 6.87. The van der Waals surface area contributed by atoms with Crippen LogP contribution in [0.2, 0.25) is 0 Å². The van der Waals surface area contributed by atoms with Crippen molar-refractivity contribution in [1.29, 1.82) is 0 Å². The van der Waals surface area contributed by atoms with Gasteiger partial charge in [-0.25, -0.2) is 0 Å². The minimum Gasteiger partial charge on any atom is -0.324 e. The summed E-state index contributed by atoms with van der Waals surface area (Å²) in [5.41, 5.74) is 0. The summed E-state index contributed by atoms with van der Waals surface area (Å²) in [6.45, 7) is 14.8. The van der Waals surface area contributed by atoms with Gasteiger partial charge >= 0.3 is 33.4 Å². The zero-order valence-electron chi connectivity index (χ0n) is 17.2. The van der Waals surface area contributed by atoms with Crippen molar-refractivity contribution in [2.45, 2.75) is 76.7 Å². The second kappa shape index (κ2) is 11.2. The lowest BCUT2D eigenvalue weighted by atomic mass is 10.1. The third-order valence-electron chi connectivity index (χ3n) is 4.23. The standard InChI is InChI=1S/C12H28N.C4HF9O3S/c1-5-9-13(10-6-2,11-7-3)12-8-4;5-1(6,3(9,10)11)2(7,8)4(12,13)17(14,15)16/h5-12H2,1-4H3;(H,14,15,16)/q+1;. The minimum atomic E-state index is -7.37. The molecule has 0 rings (SSSR count). The van der Waals surface area contributed by atoms with Crippen LogP contribution in [-0.2, 0) is 10.1 Å². The monoisotopic (exact) mass is 486 g/mol. The Labute approximate surface area is 170 Å². The van der Waals surface area contributed by atoms with Crippen LogP contribution in [0.4, 0.5) is 39.5 Å².